The third-order valence-electron chi connectivity index (χ3n) is 3.80. The van der Waals surface area contributed by atoms with E-state index in [-0.39, 0.29) is 11.9 Å². The Morgan fingerprint density at radius 2 is 2.00 bits per heavy atom. The lowest BCUT2D eigenvalue weighted by molar-refractivity contribution is -0.144. The molecule has 0 aromatic carbocycles. The average Bonchev–Trinajstić information content (AvgIpc) is 2.47. The molecule has 2 rings (SSSR count). The molecule has 0 radical (unpaired) electrons. The van der Waals surface area contributed by atoms with E-state index >= 15 is 0 Å². The van der Waals surface area contributed by atoms with Crippen LogP contribution in [0.4, 0.5) is 0 Å². The molecule has 1 atom stereocenters. The first kappa shape index (κ1) is 14.0. The molecule has 1 aliphatic rings. The molecule has 1 aliphatic carbocycles. The monoisotopic (exact) mass is 262 g/mol. The normalized spacial score (nSPS) is 18.0. The van der Waals surface area contributed by atoms with Crippen LogP contribution in [0.15, 0.2) is 12.4 Å². The van der Waals surface area contributed by atoms with Crippen LogP contribution in [0.1, 0.15) is 69.2 Å². The van der Waals surface area contributed by atoms with Crippen LogP contribution >= 0.6 is 0 Å². The maximum atomic E-state index is 11.9. The van der Waals surface area contributed by atoms with Crippen LogP contribution in [-0.4, -0.2) is 22.5 Å². The summed E-state index contributed by atoms with van der Waals surface area (Å²) < 4.78 is 5.09. The zero-order valence-corrected chi connectivity index (χ0v) is 11.8. The minimum atomic E-state index is -0.328. The van der Waals surface area contributed by atoms with Gasteiger partial charge in [-0.25, -0.2) is 0 Å². The predicted octanol–water partition coefficient (Wildman–Crippen LogP) is 3.19. The van der Waals surface area contributed by atoms with Gasteiger partial charge >= 0.3 is 5.97 Å². The summed E-state index contributed by atoms with van der Waals surface area (Å²) in [5, 5.41) is 0. The van der Waals surface area contributed by atoms with Gasteiger partial charge in [0, 0.05) is 18.3 Å². The van der Waals surface area contributed by atoms with Crippen molar-refractivity contribution in [2.45, 2.75) is 57.8 Å². The molecule has 1 saturated carbocycles. The van der Waals surface area contributed by atoms with Crippen molar-refractivity contribution in [3.8, 4) is 0 Å². The van der Waals surface area contributed by atoms with E-state index in [2.05, 4.69) is 9.97 Å². The largest absolute Gasteiger partial charge is 0.465 e. The highest BCUT2D eigenvalue weighted by molar-refractivity contribution is 5.77. The first-order valence-electron chi connectivity index (χ1n) is 7.21. The Hall–Kier alpha value is -1.45. The first-order valence-corrected chi connectivity index (χ1v) is 7.21. The quantitative estimate of drug-likeness (QED) is 0.782. The average molecular weight is 262 g/mol. The van der Waals surface area contributed by atoms with Crippen LogP contribution in [-0.2, 0) is 9.53 Å². The minimum Gasteiger partial charge on any atom is -0.465 e. The van der Waals surface area contributed by atoms with Gasteiger partial charge in [0.15, 0.2) is 0 Å². The van der Waals surface area contributed by atoms with Gasteiger partial charge in [-0.15, -0.1) is 0 Å². The summed E-state index contributed by atoms with van der Waals surface area (Å²) >= 11 is 0. The number of carbonyl (C=O) groups is 1. The molecular weight excluding hydrogens is 240 g/mol. The van der Waals surface area contributed by atoms with Crippen molar-refractivity contribution in [2.75, 3.05) is 6.61 Å². The summed E-state index contributed by atoms with van der Waals surface area (Å²) in [4.78, 5) is 20.8. The second-order valence-electron chi connectivity index (χ2n) is 5.14. The molecule has 104 valence electrons. The molecule has 1 heterocycles. The summed E-state index contributed by atoms with van der Waals surface area (Å²) in [6.45, 7) is 4.08. The summed E-state index contributed by atoms with van der Waals surface area (Å²) in [6.07, 6.45) is 9.49. The van der Waals surface area contributed by atoms with Crippen LogP contribution in [0.2, 0.25) is 0 Å². The zero-order chi connectivity index (χ0) is 13.7. The Kier molecular flexibility index (Phi) is 4.88. The second kappa shape index (κ2) is 6.64. The van der Waals surface area contributed by atoms with Gasteiger partial charge in [-0.3, -0.25) is 14.8 Å². The van der Waals surface area contributed by atoms with Crippen LogP contribution in [0.25, 0.3) is 0 Å². The third-order valence-corrected chi connectivity index (χ3v) is 3.80. The molecule has 1 fully saturated rings. The SMILES string of the molecule is CCOC(=O)C(C)c1nccnc1C1CCCCC1. The molecule has 0 saturated heterocycles. The maximum Gasteiger partial charge on any atom is 0.314 e. The van der Waals surface area contributed by atoms with E-state index < -0.39 is 0 Å². The Labute approximate surface area is 114 Å². The van der Waals surface area contributed by atoms with Crippen LogP contribution in [0.5, 0.6) is 0 Å². The molecule has 0 spiro atoms. The Morgan fingerprint density at radius 3 is 2.68 bits per heavy atom. The van der Waals surface area contributed by atoms with E-state index in [1.807, 2.05) is 13.8 Å². The van der Waals surface area contributed by atoms with Crippen LogP contribution in [0.3, 0.4) is 0 Å². The smallest absolute Gasteiger partial charge is 0.314 e. The van der Waals surface area contributed by atoms with Gasteiger partial charge in [0.25, 0.3) is 0 Å². The number of esters is 1. The van der Waals surface area contributed by atoms with Crippen molar-refractivity contribution in [1.29, 1.82) is 0 Å². The molecular formula is C15H22N2O2. The van der Waals surface area contributed by atoms with E-state index in [4.69, 9.17) is 4.74 Å². The van der Waals surface area contributed by atoms with E-state index in [1.165, 1.54) is 19.3 Å². The Morgan fingerprint density at radius 1 is 1.32 bits per heavy atom. The number of nitrogens with zero attached hydrogens (tertiary/aromatic N) is 2. The van der Waals surface area contributed by atoms with Crippen molar-refractivity contribution in [2.24, 2.45) is 0 Å². The predicted molar refractivity (Wildman–Crippen MR) is 72.9 cm³/mol. The van der Waals surface area contributed by atoms with Crippen molar-refractivity contribution in [1.82, 2.24) is 9.97 Å². The fraction of sp³-hybridized carbons (Fsp3) is 0.667. The summed E-state index contributed by atoms with van der Waals surface area (Å²) in [5.41, 5.74) is 1.80. The number of hydrogen-bond acceptors (Lipinski definition) is 4. The summed E-state index contributed by atoms with van der Waals surface area (Å²) in [7, 11) is 0. The molecule has 0 amide bonds. The van der Waals surface area contributed by atoms with Gasteiger partial charge in [0.2, 0.25) is 0 Å². The first-order chi connectivity index (χ1) is 9.24. The summed E-state index contributed by atoms with van der Waals surface area (Å²) in [6, 6.07) is 0. The van der Waals surface area contributed by atoms with Gasteiger partial charge in [-0.2, -0.15) is 0 Å². The molecule has 1 aromatic heterocycles. The lowest BCUT2D eigenvalue weighted by Crippen LogP contribution is -2.19. The van der Waals surface area contributed by atoms with E-state index in [0.717, 1.165) is 24.2 Å². The number of hydrogen-bond donors (Lipinski definition) is 0. The zero-order valence-electron chi connectivity index (χ0n) is 11.8. The van der Waals surface area contributed by atoms with Crippen molar-refractivity contribution in [3.63, 3.8) is 0 Å². The Balaban J connectivity index is 2.22. The number of carbonyl (C=O) groups excluding carboxylic acids is 1. The highest BCUT2D eigenvalue weighted by atomic mass is 16.5. The van der Waals surface area contributed by atoms with Gasteiger partial charge in [0.05, 0.1) is 23.9 Å². The molecule has 0 bridgehead atoms. The fourth-order valence-corrected chi connectivity index (χ4v) is 2.76. The van der Waals surface area contributed by atoms with Crippen molar-refractivity contribution < 1.29 is 9.53 Å². The molecule has 4 heteroatoms. The molecule has 19 heavy (non-hydrogen) atoms. The van der Waals surface area contributed by atoms with Crippen LogP contribution < -0.4 is 0 Å². The highest BCUT2D eigenvalue weighted by Crippen LogP contribution is 2.34. The molecule has 1 unspecified atom stereocenters. The number of rotatable bonds is 4. The lowest BCUT2D eigenvalue weighted by Gasteiger charge is -2.24. The fourth-order valence-electron chi connectivity index (χ4n) is 2.76. The maximum absolute atomic E-state index is 11.9. The highest BCUT2D eigenvalue weighted by Gasteiger charge is 2.26. The third kappa shape index (κ3) is 3.31. The second-order valence-corrected chi connectivity index (χ2v) is 5.14. The topological polar surface area (TPSA) is 52.1 Å². The number of ether oxygens (including phenoxy) is 1. The standard InChI is InChI=1S/C15H22N2O2/c1-3-19-15(18)11(2)13-14(17-10-9-16-13)12-7-5-4-6-8-12/h9-12H,3-8H2,1-2H3. The number of aromatic nitrogens is 2. The molecule has 1 aromatic rings. The van der Waals surface area contributed by atoms with E-state index in [9.17, 15) is 4.79 Å². The van der Waals surface area contributed by atoms with Gasteiger partial charge in [-0.05, 0) is 26.7 Å². The molecule has 0 aliphatic heterocycles. The molecule has 0 N–H and O–H groups in total. The van der Waals surface area contributed by atoms with E-state index in [1.54, 1.807) is 12.4 Å². The van der Waals surface area contributed by atoms with E-state index in [0.29, 0.717) is 12.5 Å². The molecule has 4 nitrogen and oxygen atoms in total. The van der Waals surface area contributed by atoms with Gasteiger partial charge in [-0.1, -0.05) is 19.3 Å². The van der Waals surface area contributed by atoms with Crippen LogP contribution in [0, 0.1) is 0 Å². The minimum absolute atomic E-state index is 0.208. The van der Waals surface area contributed by atoms with Crippen molar-refractivity contribution >= 4 is 5.97 Å². The lowest BCUT2D eigenvalue weighted by atomic mass is 9.84. The van der Waals surface area contributed by atoms with Gasteiger partial charge in [0.1, 0.15) is 0 Å². The Bertz CT molecular complexity index is 428. The van der Waals surface area contributed by atoms with Gasteiger partial charge < -0.3 is 4.74 Å². The van der Waals surface area contributed by atoms with Crippen molar-refractivity contribution in [3.05, 3.63) is 23.8 Å². The summed E-state index contributed by atoms with van der Waals surface area (Å²) in [5.74, 6) is -0.0834.